The van der Waals surface area contributed by atoms with Gasteiger partial charge >= 0.3 is 6.18 Å². The normalized spacial score (nSPS) is 17.8. The average molecular weight is 397 g/mol. The van der Waals surface area contributed by atoms with E-state index < -0.39 is 12.2 Å². The van der Waals surface area contributed by atoms with Gasteiger partial charge in [-0.3, -0.25) is 9.88 Å². The summed E-state index contributed by atoms with van der Waals surface area (Å²) in [5, 5.41) is 3.05. The van der Waals surface area contributed by atoms with Gasteiger partial charge in [0.15, 0.2) is 0 Å². The molecule has 0 spiro atoms. The molecule has 1 saturated heterocycles. The van der Waals surface area contributed by atoms with Gasteiger partial charge in [-0.25, -0.2) is 0 Å². The van der Waals surface area contributed by atoms with Crippen LogP contribution < -0.4 is 5.32 Å². The van der Waals surface area contributed by atoms with Gasteiger partial charge in [-0.05, 0) is 27.6 Å². The second-order valence-electron chi connectivity index (χ2n) is 4.17. The van der Waals surface area contributed by atoms with Crippen LogP contribution in [0.1, 0.15) is 11.6 Å². The van der Waals surface area contributed by atoms with Crippen molar-refractivity contribution in [2.24, 2.45) is 0 Å². The third-order valence-electron chi connectivity index (χ3n) is 2.87. The zero-order valence-electron chi connectivity index (χ0n) is 10.4. The van der Waals surface area contributed by atoms with Crippen molar-refractivity contribution in [2.75, 3.05) is 26.2 Å². The fourth-order valence-corrected chi connectivity index (χ4v) is 2.51. The number of rotatable bonds is 2. The minimum Gasteiger partial charge on any atom is -0.314 e. The molecular formula is C11H15BrCl2F3N3. The summed E-state index contributed by atoms with van der Waals surface area (Å²) >= 11 is 3.16. The monoisotopic (exact) mass is 395 g/mol. The van der Waals surface area contributed by atoms with Crippen molar-refractivity contribution >= 4 is 40.7 Å². The van der Waals surface area contributed by atoms with Gasteiger partial charge in [0.1, 0.15) is 6.04 Å². The van der Waals surface area contributed by atoms with Crippen molar-refractivity contribution in [2.45, 2.75) is 12.2 Å². The lowest BCUT2D eigenvalue weighted by Crippen LogP contribution is -2.49. The molecule has 0 aliphatic carbocycles. The first kappa shape index (κ1) is 19.9. The van der Waals surface area contributed by atoms with Crippen LogP contribution in [-0.2, 0) is 0 Å². The Morgan fingerprint density at radius 2 is 1.80 bits per heavy atom. The van der Waals surface area contributed by atoms with Crippen LogP contribution >= 0.6 is 40.7 Å². The number of halogens is 6. The zero-order chi connectivity index (χ0) is 13.2. The van der Waals surface area contributed by atoms with Crippen LogP contribution in [0.5, 0.6) is 0 Å². The average Bonchev–Trinajstić information content (AvgIpc) is 2.28. The molecule has 2 rings (SSSR count). The third-order valence-corrected chi connectivity index (χ3v) is 3.30. The van der Waals surface area contributed by atoms with E-state index in [0.717, 1.165) is 0 Å². The first-order chi connectivity index (χ1) is 8.48. The summed E-state index contributed by atoms with van der Waals surface area (Å²) in [4.78, 5) is 5.27. The lowest BCUT2D eigenvalue weighted by Gasteiger charge is -2.36. The summed E-state index contributed by atoms with van der Waals surface area (Å²) in [6.45, 7) is 1.93. The Kier molecular flexibility index (Phi) is 8.35. The van der Waals surface area contributed by atoms with Crippen molar-refractivity contribution < 1.29 is 13.2 Å². The first-order valence-electron chi connectivity index (χ1n) is 5.60. The van der Waals surface area contributed by atoms with Gasteiger partial charge in [-0.1, -0.05) is 0 Å². The quantitative estimate of drug-likeness (QED) is 0.831. The molecule has 1 N–H and O–H groups in total. The number of nitrogens with one attached hydrogen (secondary N) is 1. The Labute approximate surface area is 136 Å². The summed E-state index contributed by atoms with van der Waals surface area (Å²) in [7, 11) is 0. The van der Waals surface area contributed by atoms with Crippen LogP contribution in [0.25, 0.3) is 0 Å². The molecule has 1 aromatic heterocycles. The molecule has 1 fully saturated rings. The van der Waals surface area contributed by atoms with Gasteiger partial charge in [0.2, 0.25) is 0 Å². The summed E-state index contributed by atoms with van der Waals surface area (Å²) in [5.74, 6) is 0. The van der Waals surface area contributed by atoms with E-state index in [9.17, 15) is 13.2 Å². The smallest absolute Gasteiger partial charge is 0.314 e. The van der Waals surface area contributed by atoms with Crippen molar-refractivity contribution in [3.05, 3.63) is 28.5 Å². The summed E-state index contributed by atoms with van der Waals surface area (Å²) in [5.41, 5.74) is 0.179. The number of alkyl halides is 3. The maximum atomic E-state index is 13.2. The minimum absolute atomic E-state index is 0. The molecule has 1 aliphatic rings. The predicted octanol–water partition coefficient (Wildman–Crippen LogP) is 3.20. The molecule has 1 atom stereocenters. The van der Waals surface area contributed by atoms with Crippen molar-refractivity contribution in [1.29, 1.82) is 0 Å². The van der Waals surface area contributed by atoms with Gasteiger partial charge in [0.05, 0.1) is 0 Å². The van der Waals surface area contributed by atoms with Crippen molar-refractivity contribution in [1.82, 2.24) is 15.2 Å². The maximum absolute atomic E-state index is 13.2. The highest BCUT2D eigenvalue weighted by Crippen LogP contribution is 2.38. The summed E-state index contributed by atoms with van der Waals surface area (Å²) < 4.78 is 40.2. The first-order valence-corrected chi connectivity index (χ1v) is 6.40. The van der Waals surface area contributed by atoms with Gasteiger partial charge in [0.25, 0.3) is 0 Å². The zero-order valence-corrected chi connectivity index (χ0v) is 13.6. The summed E-state index contributed by atoms with van der Waals surface area (Å²) in [6.07, 6.45) is -1.53. The van der Waals surface area contributed by atoms with E-state index in [1.165, 1.54) is 23.4 Å². The van der Waals surface area contributed by atoms with Crippen LogP contribution in [0.3, 0.4) is 0 Å². The fraction of sp³-hybridized carbons (Fsp3) is 0.545. The van der Waals surface area contributed by atoms with Crippen LogP contribution in [0.4, 0.5) is 13.2 Å². The van der Waals surface area contributed by atoms with Gasteiger partial charge in [-0.2, -0.15) is 13.2 Å². The van der Waals surface area contributed by atoms with Crippen LogP contribution in [0, 0.1) is 0 Å². The largest absolute Gasteiger partial charge is 0.408 e. The van der Waals surface area contributed by atoms with E-state index in [1.54, 1.807) is 0 Å². The lowest BCUT2D eigenvalue weighted by atomic mass is 10.1. The molecule has 20 heavy (non-hydrogen) atoms. The van der Waals surface area contributed by atoms with E-state index in [2.05, 4.69) is 26.2 Å². The van der Waals surface area contributed by atoms with Gasteiger partial charge < -0.3 is 5.32 Å². The minimum atomic E-state index is -4.29. The molecule has 0 saturated carbocycles. The van der Waals surface area contributed by atoms with Crippen LogP contribution in [-0.4, -0.2) is 42.2 Å². The highest BCUT2D eigenvalue weighted by atomic mass is 79.9. The van der Waals surface area contributed by atoms with E-state index in [1.807, 2.05) is 0 Å². The van der Waals surface area contributed by atoms with E-state index in [4.69, 9.17) is 0 Å². The molecule has 0 amide bonds. The summed E-state index contributed by atoms with van der Waals surface area (Å²) in [6, 6.07) is -0.0997. The molecule has 0 bridgehead atoms. The molecule has 0 unspecified atom stereocenters. The SMILES string of the molecule is Cl.Cl.FC(F)(F)[C@@H](c1cncc(Br)c1)N1CCNCC1. The van der Waals surface area contributed by atoms with Gasteiger partial charge in [0, 0.05) is 43.0 Å². The molecule has 9 heteroatoms. The van der Waals surface area contributed by atoms with E-state index in [-0.39, 0.29) is 30.4 Å². The Morgan fingerprint density at radius 3 is 2.30 bits per heavy atom. The second-order valence-corrected chi connectivity index (χ2v) is 5.08. The number of aromatic nitrogens is 1. The number of hydrogen-bond donors (Lipinski definition) is 1. The molecule has 1 aliphatic heterocycles. The topological polar surface area (TPSA) is 28.2 Å². The fourth-order valence-electron chi connectivity index (χ4n) is 2.12. The van der Waals surface area contributed by atoms with Crippen molar-refractivity contribution in [3.8, 4) is 0 Å². The number of hydrogen-bond acceptors (Lipinski definition) is 3. The molecule has 0 aromatic carbocycles. The molecule has 0 radical (unpaired) electrons. The number of pyridine rings is 1. The second kappa shape index (κ2) is 8.38. The highest BCUT2D eigenvalue weighted by Gasteiger charge is 2.45. The Morgan fingerprint density at radius 1 is 1.20 bits per heavy atom. The van der Waals surface area contributed by atoms with E-state index in [0.29, 0.717) is 30.7 Å². The molecule has 2 heterocycles. The Hall–Kier alpha value is -0.0800. The molecule has 1 aromatic rings. The van der Waals surface area contributed by atoms with Crippen LogP contribution in [0.15, 0.2) is 22.9 Å². The number of nitrogens with zero attached hydrogens (tertiary/aromatic N) is 2. The molecule has 3 nitrogen and oxygen atoms in total. The van der Waals surface area contributed by atoms with E-state index >= 15 is 0 Å². The third kappa shape index (κ3) is 5.04. The highest BCUT2D eigenvalue weighted by molar-refractivity contribution is 9.10. The van der Waals surface area contributed by atoms with Crippen molar-refractivity contribution in [3.63, 3.8) is 0 Å². The van der Waals surface area contributed by atoms with Gasteiger partial charge in [-0.15, -0.1) is 24.8 Å². The standard InChI is InChI=1S/C11H13BrF3N3.2ClH/c12-9-5-8(6-17-7-9)10(11(13,14)15)18-3-1-16-2-4-18;;/h5-7,10,16H,1-4H2;2*1H/t10-;;/m1../s1. The molecule has 116 valence electrons. The Balaban J connectivity index is 0.00000180. The lowest BCUT2D eigenvalue weighted by molar-refractivity contribution is -0.188. The number of piperazine rings is 1. The maximum Gasteiger partial charge on any atom is 0.408 e. The molecular weight excluding hydrogens is 382 g/mol. The van der Waals surface area contributed by atoms with Crippen LogP contribution in [0.2, 0.25) is 0 Å². The predicted molar refractivity (Wildman–Crippen MR) is 79.7 cm³/mol. The Bertz CT molecular complexity index is 414.